The molecular formula is C18H28O2. The van der Waals surface area contributed by atoms with Gasteiger partial charge in [0.05, 0.1) is 6.42 Å². The molecule has 2 heteroatoms. The second kappa shape index (κ2) is 8.78. The molecular weight excluding hydrogens is 248 g/mol. The summed E-state index contributed by atoms with van der Waals surface area (Å²) in [7, 11) is 0. The second-order valence-electron chi connectivity index (χ2n) is 5.79. The number of carbonyl (C=O) groups is 1. The van der Waals surface area contributed by atoms with Crippen LogP contribution in [-0.4, -0.2) is 11.1 Å². The molecule has 1 N–H and O–H groups in total. The van der Waals surface area contributed by atoms with Crippen molar-refractivity contribution in [2.75, 3.05) is 0 Å². The van der Waals surface area contributed by atoms with E-state index in [1.807, 2.05) is 0 Å². The van der Waals surface area contributed by atoms with Gasteiger partial charge in [0.2, 0.25) is 0 Å². The number of carboxylic acids is 1. The molecule has 20 heavy (non-hydrogen) atoms. The van der Waals surface area contributed by atoms with Gasteiger partial charge in [-0.05, 0) is 41.9 Å². The fourth-order valence-electron chi connectivity index (χ4n) is 2.48. The first kappa shape index (κ1) is 16.7. The predicted molar refractivity (Wildman–Crippen MR) is 84.2 cm³/mol. The summed E-state index contributed by atoms with van der Waals surface area (Å²) in [5.41, 5.74) is 3.44. The van der Waals surface area contributed by atoms with Gasteiger partial charge >= 0.3 is 5.97 Å². The van der Waals surface area contributed by atoms with Gasteiger partial charge in [0.25, 0.3) is 0 Å². The smallest absolute Gasteiger partial charge is 0.307 e. The third-order valence-corrected chi connectivity index (χ3v) is 4.11. The van der Waals surface area contributed by atoms with Crippen LogP contribution in [0.25, 0.3) is 0 Å². The molecule has 0 aromatic heterocycles. The highest BCUT2D eigenvalue weighted by molar-refractivity contribution is 5.70. The van der Waals surface area contributed by atoms with Crippen LogP contribution in [0.1, 0.15) is 63.1 Å². The fourth-order valence-corrected chi connectivity index (χ4v) is 2.48. The molecule has 0 spiro atoms. The Labute approximate surface area is 123 Å². The van der Waals surface area contributed by atoms with Crippen molar-refractivity contribution in [1.82, 2.24) is 0 Å². The van der Waals surface area contributed by atoms with Gasteiger partial charge in [-0.1, -0.05) is 58.2 Å². The second-order valence-corrected chi connectivity index (χ2v) is 5.79. The van der Waals surface area contributed by atoms with E-state index in [9.17, 15) is 4.79 Å². The zero-order valence-electron chi connectivity index (χ0n) is 13.1. The molecule has 1 rings (SSSR count). The van der Waals surface area contributed by atoms with Crippen LogP contribution in [-0.2, 0) is 24.1 Å². The lowest BCUT2D eigenvalue weighted by molar-refractivity contribution is -0.136. The van der Waals surface area contributed by atoms with Crippen LogP contribution in [0.5, 0.6) is 0 Å². The van der Waals surface area contributed by atoms with Gasteiger partial charge in [0.15, 0.2) is 0 Å². The number of hydrogen-bond donors (Lipinski definition) is 1. The predicted octanol–water partition coefficient (Wildman–Crippen LogP) is 4.64. The van der Waals surface area contributed by atoms with E-state index in [0.717, 1.165) is 30.7 Å². The van der Waals surface area contributed by atoms with Crippen LogP contribution >= 0.6 is 0 Å². The Kier molecular flexibility index (Phi) is 7.35. The first-order valence-electron chi connectivity index (χ1n) is 7.89. The van der Waals surface area contributed by atoms with Gasteiger partial charge in [-0.15, -0.1) is 0 Å². The van der Waals surface area contributed by atoms with Gasteiger partial charge in [-0.2, -0.15) is 0 Å². The number of rotatable bonds is 9. The molecule has 0 saturated heterocycles. The summed E-state index contributed by atoms with van der Waals surface area (Å²) < 4.78 is 0. The maximum atomic E-state index is 11.0. The minimum absolute atomic E-state index is 0.147. The third-order valence-electron chi connectivity index (χ3n) is 4.11. The van der Waals surface area contributed by atoms with E-state index in [2.05, 4.69) is 39.0 Å². The molecule has 1 unspecified atom stereocenters. The summed E-state index contributed by atoms with van der Waals surface area (Å²) in [4.78, 5) is 11.0. The summed E-state index contributed by atoms with van der Waals surface area (Å²) in [5.74, 6) is 0.0649. The standard InChI is InChI=1S/C18H28O2/c1-4-14(3)8-6-7-9-16-11-10-15(5-2)12-17(16)13-18(19)20/h10-12,14H,4-9,13H2,1-3H3,(H,19,20). The molecule has 0 aliphatic heterocycles. The minimum Gasteiger partial charge on any atom is -0.481 e. The Morgan fingerprint density at radius 1 is 1.20 bits per heavy atom. The van der Waals surface area contributed by atoms with Gasteiger partial charge in [-0.25, -0.2) is 0 Å². The molecule has 0 bridgehead atoms. The highest BCUT2D eigenvalue weighted by atomic mass is 16.4. The lowest BCUT2D eigenvalue weighted by Crippen LogP contribution is -2.05. The average molecular weight is 276 g/mol. The zero-order chi connectivity index (χ0) is 15.0. The van der Waals surface area contributed by atoms with Crippen LogP contribution in [0.3, 0.4) is 0 Å². The number of unbranched alkanes of at least 4 members (excludes halogenated alkanes) is 1. The summed E-state index contributed by atoms with van der Waals surface area (Å²) in [5, 5.41) is 9.03. The van der Waals surface area contributed by atoms with Gasteiger partial charge in [-0.3, -0.25) is 4.79 Å². The largest absolute Gasteiger partial charge is 0.481 e. The Morgan fingerprint density at radius 2 is 1.95 bits per heavy atom. The van der Waals surface area contributed by atoms with E-state index in [1.54, 1.807) is 0 Å². The fraction of sp³-hybridized carbons (Fsp3) is 0.611. The molecule has 0 saturated carbocycles. The summed E-state index contributed by atoms with van der Waals surface area (Å²) in [6, 6.07) is 6.33. The van der Waals surface area contributed by atoms with Gasteiger partial charge < -0.3 is 5.11 Å². The van der Waals surface area contributed by atoms with Gasteiger partial charge in [0.1, 0.15) is 0 Å². The molecule has 1 aromatic carbocycles. The van der Waals surface area contributed by atoms with Crippen LogP contribution < -0.4 is 0 Å². The first-order valence-corrected chi connectivity index (χ1v) is 7.89. The number of carboxylic acid groups (broad SMARTS) is 1. The number of aliphatic carboxylic acids is 1. The Balaban J connectivity index is 2.61. The Bertz CT molecular complexity index is 423. The molecule has 0 radical (unpaired) electrons. The van der Waals surface area contributed by atoms with E-state index in [-0.39, 0.29) is 6.42 Å². The Hall–Kier alpha value is -1.31. The van der Waals surface area contributed by atoms with E-state index >= 15 is 0 Å². The van der Waals surface area contributed by atoms with E-state index in [1.165, 1.54) is 30.4 Å². The quantitative estimate of drug-likeness (QED) is 0.667. The van der Waals surface area contributed by atoms with Crippen molar-refractivity contribution < 1.29 is 9.90 Å². The molecule has 0 amide bonds. The summed E-state index contributed by atoms with van der Waals surface area (Å²) in [6.45, 7) is 6.64. The topological polar surface area (TPSA) is 37.3 Å². The van der Waals surface area contributed by atoms with Crippen molar-refractivity contribution in [2.24, 2.45) is 5.92 Å². The molecule has 0 fully saturated rings. The molecule has 0 aliphatic rings. The van der Waals surface area contributed by atoms with Gasteiger partial charge in [0, 0.05) is 0 Å². The summed E-state index contributed by atoms with van der Waals surface area (Å²) >= 11 is 0. The molecule has 1 aromatic rings. The van der Waals surface area contributed by atoms with Crippen molar-refractivity contribution in [3.63, 3.8) is 0 Å². The highest BCUT2D eigenvalue weighted by Gasteiger charge is 2.08. The van der Waals surface area contributed by atoms with Crippen LogP contribution in [0, 0.1) is 5.92 Å². The Morgan fingerprint density at radius 3 is 2.55 bits per heavy atom. The van der Waals surface area contributed by atoms with E-state index < -0.39 is 5.97 Å². The molecule has 0 heterocycles. The van der Waals surface area contributed by atoms with Crippen molar-refractivity contribution in [2.45, 2.75) is 65.7 Å². The average Bonchev–Trinajstić information content (AvgIpc) is 2.43. The van der Waals surface area contributed by atoms with Crippen LogP contribution in [0.2, 0.25) is 0 Å². The zero-order valence-corrected chi connectivity index (χ0v) is 13.1. The van der Waals surface area contributed by atoms with Crippen molar-refractivity contribution in [1.29, 1.82) is 0 Å². The maximum absolute atomic E-state index is 11.0. The first-order chi connectivity index (χ1) is 9.56. The van der Waals surface area contributed by atoms with E-state index in [4.69, 9.17) is 5.11 Å². The van der Waals surface area contributed by atoms with Crippen LogP contribution in [0.15, 0.2) is 18.2 Å². The van der Waals surface area contributed by atoms with Crippen molar-refractivity contribution >= 4 is 5.97 Å². The van der Waals surface area contributed by atoms with Crippen molar-refractivity contribution in [3.8, 4) is 0 Å². The molecule has 1 atom stereocenters. The number of hydrogen-bond acceptors (Lipinski definition) is 1. The minimum atomic E-state index is -0.737. The summed E-state index contributed by atoms with van der Waals surface area (Å²) in [6.07, 6.45) is 7.02. The normalized spacial score (nSPS) is 12.3. The molecule has 112 valence electrons. The maximum Gasteiger partial charge on any atom is 0.307 e. The monoisotopic (exact) mass is 276 g/mol. The van der Waals surface area contributed by atoms with Crippen LogP contribution in [0.4, 0.5) is 0 Å². The van der Waals surface area contributed by atoms with E-state index in [0.29, 0.717) is 0 Å². The lowest BCUT2D eigenvalue weighted by Gasteiger charge is -2.11. The third kappa shape index (κ3) is 5.77. The molecule has 2 nitrogen and oxygen atoms in total. The SMILES string of the molecule is CCc1ccc(CCCCC(C)CC)c(CC(=O)O)c1. The lowest BCUT2D eigenvalue weighted by atomic mass is 9.94. The van der Waals surface area contributed by atoms with Crippen molar-refractivity contribution in [3.05, 3.63) is 34.9 Å². The number of benzene rings is 1. The number of aryl methyl sites for hydroxylation is 2. The molecule has 0 aliphatic carbocycles. The highest BCUT2D eigenvalue weighted by Crippen LogP contribution is 2.18.